The van der Waals surface area contributed by atoms with Crippen LogP contribution in [-0.4, -0.2) is 33.7 Å². The number of rotatable bonds is 6. The Bertz CT molecular complexity index is 1230. The lowest BCUT2D eigenvalue weighted by Gasteiger charge is -2.32. The number of hydrogen-bond acceptors (Lipinski definition) is 5. The van der Waals surface area contributed by atoms with Crippen LogP contribution in [0.3, 0.4) is 0 Å². The number of carbonyl (C=O) groups excluding carboxylic acids is 1. The summed E-state index contributed by atoms with van der Waals surface area (Å²) < 4.78 is 40.6. The Morgan fingerprint density at radius 1 is 1.17 bits per heavy atom. The maximum absolute atomic E-state index is 13.0. The topological polar surface area (TPSA) is 93.3 Å². The number of benzene rings is 2. The Kier molecular flexibility index (Phi) is 6.77. The molecule has 11 heteroatoms. The van der Waals surface area contributed by atoms with Crippen molar-refractivity contribution in [1.29, 1.82) is 0 Å². The minimum absolute atomic E-state index is 0.123. The Hall–Kier alpha value is -3.89. The molecular formula is C24H24F3N5O3. The van der Waals surface area contributed by atoms with Gasteiger partial charge in [0.25, 0.3) is 5.69 Å². The van der Waals surface area contributed by atoms with E-state index in [1.54, 1.807) is 21.8 Å². The SMILES string of the molecule is Cc1cccc(Cn2nccc2NC(=O)C2CCN(c3ccc(C(F)(F)F)cc3[N+](=O)[O-])CC2)c1. The lowest BCUT2D eigenvalue weighted by atomic mass is 9.95. The number of nitrogens with one attached hydrogen (secondary N) is 1. The molecule has 0 atom stereocenters. The molecule has 8 nitrogen and oxygen atoms in total. The number of hydrogen-bond donors (Lipinski definition) is 1. The average Bonchev–Trinajstić information content (AvgIpc) is 3.24. The highest BCUT2D eigenvalue weighted by molar-refractivity contribution is 5.92. The van der Waals surface area contributed by atoms with Crippen LogP contribution in [-0.2, 0) is 17.5 Å². The van der Waals surface area contributed by atoms with Gasteiger partial charge in [0.2, 0.25) is 5.91 Å². The van der Waals surface area contributed by atoms with Crippen LogP contribution in [0, 0.1) is 23.0 Å². The summed E-state index contributed by atoms with van der Waals surface area (Å²) in [6.45, 7) is 3.13. The number of nitro groups is 1. The summed E-state index contributed by atoms with van der Waals surface area (Å²) in [7, 11) is 0. The van der Waals surface area contributed by atoms with Gasteiger partial charge in [-0.1, -0.05) is 29.8 Å². The second-order valence-electron chi connectivity index (χ2n) is 8.57. The number of anilines is 2. The summed E-state index contributed by atoms with van der Waals surface area (Å²) in [6, 6.07) is 12.2. The maximum Gasteiger partial charge on any atom is 0.416 e. The third-order valence-corrected chi connectivity index (χ3v) is 6.09. The highest BCUT2D eigenvalue weighted by atomic mass is 19.4. The van der Waals surface area contributed by atoms with Crippen molar-refractivity contribution in [2.75, 3.05) is 23.3 Å². The standard InChI is InChI=1S/C24H24F3N5O3/c1-16-3-2-4-17(13-16)15-31-22(7-10-28-31)29-23(33)18-8-11-30(12-9-18)20-6-5-19(24(25,26)27)14-21(20)32(34)35/h2-7,10,13-14,18H,8-9,11-12,15H2,1H3,(H,29,33). The fourth-order valence-electron chi connectivity index (χ4n) is 4.27. The van der Waals surface area contributed by atoms with Crippen LogP contribution in [0.5, 0.6) is 0 Å². The number of amides is 1. The lowest BCUT2D eigenvalue weighted by Crippen LogP contribution is -2.38. The van der Waals surface area contributed by atoms with Gasteiger partial charge in [0, 0.05) is 31.1 Å². The zero-order valence-corrected chi connectivity index (χ0v) is 19.0. The molecular weight excluding hydrogens is 463 g/mol. The number of nitro benzene ring substituents is 1. The predicted octanol–water partition coefficient (Wildman–Crippen LogP) is 5.02. The summed E-state index contributed by atoms with van der Waals surface area (Å²) in [4.78, 5) is 25.2. The summed E-state index contributed by atoms with van der Waals surface area (Å²) in [5.41, 5.74) is 0.640. The molecule has 1 aromatic heterocycles. The second-order valence-corrected chi connectivity index (χ2v) is 8.57. The highest BCUT2D eigenvalue weighted by Crippen LogP contribution is 2.37. The van der Waals surface area contributed by atoms with Gasteiger partial charge in [-0.2, -0.15) is 18.3 Å². The van der Waals surface area contributed by atoms with Gasteiger partial charge in [-0.3, -0.25) is 14.9 Å². The molecule has 0 radical (unpaired) electrons. The lowest BCUT2D eigenvalue weighted by molar-refractivity contribution is -0.384. The van der Waals surface area contributed by atoms with E-state index in [9.17, 15) is 28.1 Å². The smallest absolute Gasteiger partial charge is 0.366 e. The molecule has 0 unspecified atom stereocenters. The molecule has 1 N–H and O–H groups in total. The van der Waals surface area contributed by atoms with E-state index in [0.717, 1.165) is 23.3 Å². The first-order valence-electron chi connectivity index (χ1n) is 11.1. The van der Waals surface area contributed by atoms with Crippen molar-refractivity contribution in [1.82, 2.24) is 9.78 Å². The van der Waals surface area contributed by atoms with Gasteiger partial charge in [0.15, 0.2) is 0 Å². The molecule has 1 aliphatic heterocycles. The van der Waals surface area contributed by atoms with Gasteiger partial charge in [-0.25, -0.2) is 4.68 Å². The highest BCUT2D eigenvalue weighted by Gasteiger charge is 2.35. The largest absolute Gasteiger partial charge is 0.416 e. The maximum atomic E-state index is 13.0. The van der Waals surface area contributed by atoms with Crippen molar-refractivity contribution >= 4 is 23.1 Å². The second kappa shape index (κ2) is 9.77. The molecule has 3 aromatic rings. The fraction of sp³-hybridized carbons (Fsp3) is 0.333. The van der Waals surface area contributed by atoms with E-state index < -0.39 is 22.4 Å². The first-order chi connectivity index (χ1) is 16.6. The number of halogens is 3. The Labute approximate surface area is 199 Å². The van der Waals surface area contributed by atoms with Crippen LogP contribution in [0.15, 0.2) is 54.7 Å². The monoisotopic (exact) mass is 487 g/mol. The average molecular weight is 487 g/mol. The summed E-state index contributed by atoms with van der Waals surface area (Å²) >= 11 is 0. The van der Waals surface area contributed by atoms with Crippen LogP contribution in [0.25, 0.3) is 0 Å². The summed E-state index contributed by atoms with van der Waals surface area (Å²) in [5, 5.41) is 18.6. The van der Waals surface area contributed by atoms with Gasteiger partial charge in [-0.05, 0) is 37.5 Å². The van der Waals surface area contributed by atoms with Crippen LogP contribution in [0.2, 0.25) is 0 Å². The minimum Gasteiger partial charge on any atom is -0.366 e. The normalized spacial score (nSPS) is 14.7. The number of nitrogens with zero attached hydrogens (tertiary/aromatic N) is 4. The van der Waals surface area contributed by atoms with E-state index in [0.29, 0.717) is 44.4 Å². The Balaban J connectivity index is 1.40. The van der Waals surface area contributed by atoms with Gasteiger partial charge >= 0.3 is 6.18 Å². The molecule has 1 fully saturated rings. The first-order valence-corrected chi connectivity index (χ1v) is 11.1. The molecule has 0 saturated carbocycles. The van der Waals surface area contributed by atoms with E-state index in [1.165, 1.54) is 0 Å². The Morgan fingerprint density at radius 2 is 1.91 bits per heavy atom. The van der Waals surface area contributed by atoms with E-state index >= 15 is 0 Å². The molecule has 35 heavy (non-hydrogen) atoms. The van der Waals surface area contributed by atoms with Crippen molar-refractivity contribution in [2.24, 2.45) is 5.92 Å². The van der Waals surface area contributed by atoms with Gasteiger partial charge in [0.1, 0.15) is 11.5 Å². The zero-order chi connectivity index (χ0) is 25.2. The van der Waals surface area contributed by atoms with Crippen LogP contribution >= 0.6 is 0 Å². The zero-order valence-electron chi connectivity index (χ0n) is 19.0. The van der Waals surface area contributed by atoms with Crippen molar-refractivity contribution in [3.63, 3.8) is 0 Å². The number of aromatic nitrogens is 2. The third-order valence-electron chi connectivity index (χ3n) is 6.09. The summed E-state index contributed by atoms with van der Waals surface area (Å²) in [5.74, 6) is 0.0527. The fourth-order valence-corrected chi connectivity index (χ4v) is 4.27. The number of carbonyl (C=O) groups is 1. The van der Waals surface area contributed by atoms with Crippen molar-refractivity contribution in [3.8, 4) is 0 Å². The van der Waals surface area contributed by atoms with Crippen molar-refractivity contribution < 1.29 is 22.9 Å². The molecule has 0 spiro atoms. The molecule has 2 heterocycles. The molecule has 1 aliphatic rings. The molecule has 4 rings (SSSR count). The number of alkyl halides is 3. The number of piperidine rings is 1. The third kappa shape index (κ3) is 5.61. The molecule has 184 valence electrons. The Morgan fingerprint density at radius 3 is 2.57 bits per heavy atom. The number of aryl methyl sites for hydroxylation is 1. The van der Waals surface area contributed by atoms with Crippen molar-refractivity contribution in [3.05, 3.63) is 81.5 Å². The van der Waals surface area contributed by atoms with Gasteiger partial charge < -0.3 is 10.2 Å². The van der Waals surface area contributed by atoms with Crippen LogP contribution < -0.4 is 10.2 Å². The van der Waals surface area contributed by atoms with E-state index in [1.807, 2.05) is 31.2 Å². The van der Waals surface area contributed by atoms with Crippen LogP contribution in [0.1, 0.15) is 29.5 Å². The molecule has 2 aromatic carbocycles. The summed E-state index contributed by atoms with van der Waals surface area (Å²) in [6.07, 6.45) is -2.23. The molecule has 1 saturated heterocycles. The quantitative estimate of drug-likeness (QED) is 0.389. The molecule has 0 bridgehead atoms. The van der Waals surface area contributed by atoms with E-state index in [2.05, 4.69) is 10.4 Å². The molecule has 1 amide bonds. The van der Waals surface area contributed by atoms with Crippen LogP contribution in [0.4, 0.5) is 30.4 Å². The minimum atomic E-state index is -4.67. The van der Waals surface area contributed by atoms with Gasteiger partial charge in [0.05, 0.1) is 23.2 Å². The predicted molar refractivity (Wildman–Crippen MR) is 124 cm³/mol. The van der Waals surface area contributed by atoms with Crippen molar-refractivity contribution in [2.45, 2.75) is 32.5 Å². The molecule has 0 aliphatic carbocycles. The van der Waals surface area contributed by atoms with E-state index in [-0.39, 0.29) is 17.5 Å². The first kappa shape index (κ1) is 24.2. The van der Waals surface area contributed by atoms with Gasteiger partial charge in [-0.15, -0.1) is 0 Å². The van der Waals surface area contributed by atoms with E-state index in [4.69, 9.17) is 0 Å².